The molecule has 0 aromatic heterocycles. The number of rotatable bonds is 5. The Hall–Kier alpha value is -2.56. The smallest absolute Gasteiger partial charge is 0.255 e. The molecule has 0 saturated carbocycles. The number of nitrogens with one attached hydrogen (secondary N) is 2. The van der Waals surface area contributed by atoms with Crippen LogP contribution in [0, 0.1) is 6.92 Å². The zero-order chi connectivity index (χ0) is 24.6. The highest BCUT2D eigenvalue weighted by molar-refractivity contribution is 8.15. The molecule has 0 radical (unpaired) electrons. The number of anilines is 3. The lowest BCUT2D eigenvalue weighted by Crippen LogP contribution is -2.46. The maximum Gasteiger partial charge on any atom is 0.255 e. The number of benzene rings is 2. The third-order valence-electron chi connectivity index (χ3n) is 6.87. The quantitative estimate of drug-likeness (QED) is 0.635. The fourth-order valence-corrected chi connectivity index (χ4v) is 8.38. The van der Waals surface area contributed by atoms with Crippen molar-refractivity contribution in [3.05, 3.63) is 53.6 Å². The van der Waals surface area contributed by atoms with Gasteiger partial charge in [-0.2, -0.15) is 0 Å². The van der Waals surface area contributed by atoms with E-state index in [4.69, 9.17) is 0 Å². The minimum absolute atomic E-state index is 0.0206. The minimum atomic E-state index is -2.98. The molecular formula is C25H31N5O3S2. The molecule has 2 aromatic carbocycles. The van der Waals surface area contributed by atoms with Crippen LogP contribution >= 0.6 is 11.8 Å². The number of nitrogens with zero attached hydrogens (tertiary/aromatic N) is 3. The highest BCUT2D eigenvalue weighted by Gasteiger charge is 2.42. The van der Waals surface area contributed by atoms with Crippen molar-refractivity contribution in [3.63, 3.8) is 0 Å². The summed E-state index contributed by atoms with van der Waals surface area (Å²) in [6.07, 6.45) is 0. The van der Waals surface area contributed by atoms with Crippen molar-refractivity contribution >= 4 is 49.7 Å². The first-order chi connectivity index (χ1) is 16.8. The van der Waals surface area contributed by atoms with Gasteiger partial charge in [-0.15, -0.1) is 0 Å². The van der Waals surface area contributed by atoms with E-state index in [0.29, 0.717) is 10.7 Å². The summed E-state index contributed by atoms with van der Waals surface area (Å²) in [4.78, 5) is 22.3. The number of amides is 1. The second-order valence-electron chi connectivity index (χ2n) is 9.31. The predicted molar refractivity (Wildman–Crippen MR) is 145 cm³/mol. The number of carbonyl (C=O) groups is 1. The Labute approximate surface area is 211 Å². The van der Waals surface area contributed by atoms with Gasteiger partial charge < -0.3 is 20.4 Å². The van der Waals surface area contributed by atoms with E-state index in [1.54, 1.807) is 0 Å². The molecule has 2 fully saturated rings. The lowest BCUT2D eigenvalue weighted by Gasteiger charge is -2.35. The SMILES string of the molecule is CCN1CCN(c2ccc(NC(=O)c3ccc(C)c(NC4=NC5CS(=O)(=O)CC5S4)c3)cc2)CC1. The van der Waals surface area contributed by atoms with Crippen LogP contribution in [0.1, 0.15) is 22.8 Å². The number of fused-ring (bicyclic) bond motifs is 1. The predicted octanol–water partition coefficient (Wildman–Crippen LogP) is 3.07. The monoisotopic (exact) mass is 513 g/mol. The van der Waals surface area contributed by atoms with Crippen molar-refractivity contribution in [2.24, 2.45) is 4.99 Å². The minimum Gasteiger partial charge on any atom is -0.369 e. The molecule has 0 aliphatic carbocycles. The van der Waals surface area contributed by atoms with Gasteiger partial charge in [0.1, 0.15) is 0 Å². The van der Waals surface area contributed by atoms with Gasteiger partial charge in [-0.25, -0.2) is 8.42 Å². The second kappa shape index (κ2) is 9.83. The standard InChI is InChI=1S/C25H31N5O3S2/c1-3-29-10-12-30(13-11-29)20-8-6-19(7-9-20)26-24(31)18-5-4-17(2)21(14-18)27-25-28-22-15-35(32,33)16-23(22)34-25/h4-9,14,22-23H,3,10-13,15-16H2,1-2H3,(H,26,31)(H,27,28). The summed E-state index contributed by atoms with van der Waals surface area (Å²) in [5, 5.41) is 6.99. The van der Waals surface area contributed by atoms with Crippen LogP contribution in [0.4, 0.5) is 17.1 Å². The first-order valence-electron chi connectivity index (χ1n) is 12.0. The zero-order valence-electron chi connectivity index (χ0n) is 20.0. The molecule has 0 bridgehead atoms. The topological polar surface area (TPSA) is 94.1 Å². The fourth-order valence-electron chi connectivity index (χ4n) is 4.71. The van der Waals surface area contributed by atoms with E-state index < -0.39 is 9.84 Å². The van der Waals surface area contributed by atoms with E-state index in [1.165, 1.54) is 17.4 Å². The average Bonchev–Trinajstić information content (AvgIpc) is 3.33. The van der Waals surface area contributed by atoms with Crippen LogP contribution in [-0.4, -0.2) is 79.9 Å². The molecule has 2 atom stereocenters. The number of piperazine rings is 1. The maximum atomic E-state index is 12.9. The first-order valence-corrected chi connectivity index (χ1v) is 14.7. The maximum absolute atomic E-state index is 12.9. The van der Waals surface area contributed by atoms with Crippen molar-refractivity contribution in [1.82, 2.24) is 4.90 Å². The number of thioether (sulfide) groups is 1. The number of aliphatic imine (C=N–C) groups is 1. The van der Waals surface area contributed by atoms with Crippen LogP contribution in [0.15, 0.2) is 47.5 Å². The summed E-state index contributed by atoms with van der Waals surface area (Å²) in [7, 11) is -2.98. The van der Waals surface area contributed by atoms with E-state index in [0.717, 1.165) is 49.7 Å². The van der Waals surface area contributed by atoms with Crippen LogP contribution in [0.3, 0.4) is 0 Å². The average molecular weight is 514 g/mol. The number of aryl methyl sites for hydroxylation is 1. The lowest BCUT2D eigenvalue weighted by molar-refractivity contribution is 0.102. The number of likely N-dealkylation sites (N-methyl/N-ethyl adjacent to an activating group) is 1. The molecule has 3 aliphatic rings. The number of hydrogen-bond acceptors (Lipinski definition) is 8. The summed E-state index contributed by atoms with van der Waals surface area (Å²) >= 11 is 1.47. The molecule has 10 heteroatoms. The molecule has 3 heterocycles. The van der Waals surface area contributed by atoms with Gasteiger partial charge in [0.15, 0.2) is 15.0 Å². The van der Waals surface area contributed by atoms with Crippen LogP contribution in [-0.2, 0) is 9.84 Å². The molecule has 0 spiro atoms. The first kappa shape index (κ1) is 24.1. The summed E-state index contributed by atoms with van der Waals surface area (Å²) in [6.45, 7) is 9.43. The van der Waals surface area contributed by atoms with Crippen molar-refractivity contribution < 1.29 is 13.2 Å². The summed E-state index contributed by atoms with van der Waals surface area (Å²) in [5.41, 5.74) is 4.26. The highest BCUT2D eigenvalue weighted by Crippen LogP contribution is 2.35. The number of carbonyl (C=O) groups excluding carboxylic acids is 1. The Morgan fingerprint density at radius 1 is 1.09 bits per heavy atom. The van der Waals surface area contributed by atoms with Gasteiger partial charge >= 0.3 is 0 Å². The molecule has 35 heavy (non-hydrogen) atoms. The van der Waals surface area contributed by atoms with Gasteiger partial charge in [0.05, 0.1) is 17.5 Å². The Kier molecular flexibility index (Phi) is 6.78. The Balaban J connectivity index is 1.22. The van der Waals surface area contributed by atoms with E-state index >= 15 is 0 Å². The van der Waals surface area contributed by atoms with Crippen LogP contribution in [0.5, 0.6) is 0 Å². The van der Waals surface area contributed by atoms with Crippen molar-refractivity contribution in [1.29, 1.82) is 0 Å². The Bertz CT molecular complexity index is 1240. The van der Waals surface area contributed by atoms with Crippen LogP contribution < -0.4 is 15.5 Å². The summed E-state index contributed by atoms with van der Waals surface area (Å²) in [5.74, 6) is 0.110. The Morgan fingerprint density at radius 3 is 2.51 bits per heavy atom. The van der Waals surface area contributed by atoms with E-state index in [-0.39, 0.29) is 28.7 Å². The molecule has 2 saturated heterocycles. The van der Waals surface area contributed by atoms with E-state index in [1.807, 2.05) is 37.3 Å². The van der Waals surface area contributed by atoms with Gasteiger partial charge in [0, 0.05) is 54.1 Å². The number of hydrogen-bond donors (Lipinski definition) is 2. The molecule has 2 N–H and O–H groups in total. The van der Waals surface area contributed by atoms with Crippen molar-refractivity contribution in [2.75, 3.05) is 59.8 Å². The van der Waals surface area contributed by atoms with Gasteiger partial charge in [0.2, 0.25) is 0 Å². The summed E-state index contributed by atoms with van der Waals surface area (Å²) in [6, 6.07) is 13.4. The lowest BCUT2D eigenvalue weighted by atomic mass is 10.1. The molecule has 2 unspecified atom stereocenters. The highest BCUT2D eigenvalue weighted by atomic mass is 32.2. The molecule has 3 aliphatic heterocycles. The Morgan fingerprint density at radius 2 is 1.83 bits per heavy atom. The van der Waals surface area contributed by atoms with Crippen LogP contribution in [0.2, 0.25) is 0 Å². The van der Waals surface area contributed by atoms with E-state index in [9.17, 15) is 13.2 Å². The molecule has 2 aromatic rings. The zero-order valence-corrected chi connectivity index (χ0v) is 21.7. The second-order valence-corrected chi connectivity index (χ2v) is 12.7. The number of sulfone groups is 1. The summed E-state index contributed by atoms with van der Waals surface area (Å²) < 4.78 is 23.6. The van der Waals surface area contributed by atoms with Gasteiger partial charge in [0.25, 0.3) is 5.91 Å². The van der Waals surface area contributed by atoms with Crippen LogP contribution in [0.25, 0.3) is 0 Å². The third-order valence-corrected chi connectivity index (χ3v) is 10.0. The van der Waals surface area contributed by atoms with Gasteiger partial charge in [-0.05, 0) is 55.4 Å². The van der Waals surface area contributed by atoms with E-state index in [2.05, 4.69) is 44.5 Å². The van der Waals surface area contributed by atoms with Crippen molar-refractivity contribution in [3.8, 4) is 0 Å². The van der Waals surface area contributed by atoms with Gasteiger partial charge in [-0.3, -0.25) is 9.79 Å². The number of amidine groups is 1. The molecule has 8 nitrogen and oxygen atoms in total. The van der Waals surface area contributed by atoms with Crippen molar-refractivity contribution in [2.45, 2.75) is 25.1 Å². The fraction of sp³-hybridized carbons (Fsp3) is 0.440. The normalized spacial score (nSPS) is 23.6. The molecule has 1 amide bonds. The third kappa shape index (κ3) is 5.49. The largest absolute Gasteiger partial charge is 0.369 e. The molecular weight excluding hydrogens is 482 g/mol. The van der Waals surface area contributed by atoms with Gasteiger partial charge in [-0.1, -0.05) is 24.8 Å². The molecule has 5 rings (SSSR count). The molecule has 186 valence electrons.